The Morgan fingerprint density at radius 2 is 1.76 bits per heavy atom. The number of carbonyl (C=O) groups excluding carboxylic acids is 2. The summed E-state index contributed by atoms with van der Waals surface area (Å²) in [6.07, 6.45) is 3.80. The Hall–Kier alpha value is -2.38. The van der Waals surface area contributed by atoms with Crippen molar-refractivity contribution in [2.24, 2.45) is 5.92 Å². The maximum Gasteiger partial charge on any atom is 0.409 e. The first-order chi connectivity index (χ1) is 12.0. The van der Waals surface area contributed by atoms with Gasteiger partial charge in [-0.05, 0) is 19.3 Å². The zero-order valence-electron chi connectivity index (χ0n) is 15.2. The molecule has 138 valence electrons. The zero-order valence-corrected chi connectivity index (χ0v) is 15.2. The summed E-state index contributed by atoms with van der Waals surface area (Å²) < 4.78 is 4.98. The Kier molecular flexibility index (Phi) is 6.97. The molecule has 1 aliphatic rings. The molecule has 8 nitrogen and oxygen atoms in total. The first-order valence-corrected chi connectivity index (χ1v) is 8.78. The van der Waals surface area contributed by atoms with Crippen molar-refractivity contribution in [1.82, 2.24) is 19.8 Å². The maximum atomic E-state index is 12.5. The van der Waals surface area contributed by atoms with Gasteiger partial charge in [-0.15, -0.1) is 0 Å². The molecule has 0 aliphatic carbocycles. The first kappa shape index (κ1) is 19.0. The number of rotatable bonds is 6. The fourth-order valence-corrected chi connectivity index (χ4v) is 2.49. The molecule has 0 atom stereocenters. The van der Waals surface area contributed by atoms with Crippen LogP contribution in [0.15, 0.2) is 12.4 Å². The third-order valence-corrected chi connectivity index (χ3v) is 4.00. The standard InChI is InChI=1S/C17H27N5O3/c1-4-25-17(24)22-9-7-21(8-10-22)15(23)14-11-19-16(20-12-14)18-6-5-13(2)3/h11-13H,4-10H2,1-3H3,(H,18,19,20). The van der Waals surface area contributed by atoms with Gasteiger partial charge in [0, 0.05) is 45.1 Å². The summed E-state index contributed by atoms with van der Waals surface area (Å²) in [6.45, 7) is 9.16. The second-order valence-corrected chi connectivity index (χ2v) is 6.38. The average molecular weight is 349 g/mol. The van der Waals surface area contributed by atoms with E-state index in [2.05, 4.69) is 29.1 Å². The second-order valence-electron chi connectivity index (χ2n) is 6.38. The van der Waals surface area contributed by atoms with E-state index in [0.717, 1.165) is 13.0 Å². The highest BCUT2D eigenvalue weighted by Crippen LogP contribution is 2.10. The van der Waals surface area contributed by atoms with Gasteiger partial charge >= 0.3 is 6.09 Å². The number of hydrogen-bond donors (Lipinski definition) is 1. The van der Waals surface area contributed by atoms with Crippen LogP contribution in [0.4, 0.5) is 10.7 Å². The molecule has 0 unspecified atom stereocenters. The highest BCUT2D eigenvalue weighted by Gasteiger charge is 2.25. The van der Waals surface area contributed by atoms with Crippen LogP contribution >= 0.6 is 0 Å². The molecule has 1 aromatic rings. The molecule has 0 aromatic carbocycles. The SMILES string of the molecule is CCOC(=O)N1CCN(C(=O)c2cnc(NCCC(C)C)nc2)CC1. The lowest BCUT2D eigenvalue weighted by atomic mass is 10.1. The van der Waals surface area contributed by atoms with Gasteiger partial charge in [-0.1, -0.05) is 13.8 Å². The van der Waals surface area contributed by atoms with Crippen LogP contribution in [0.5, 0.6) is 0 Å². The van der Waals surface area contributed by atoms with Crippen LogP contribution in [0.2, 0.25) is 0 Å². The van der Waals surface area contributed by atoms with Gasteiger partial charge in [0.15, 0.2) is 0 Å². The normalized spacial score (nSPS) is 14.6. The van der Waals surface area contributed by atoms with Gasteiger partial charge in [0.2, 0.25) is 5.95 Å². The number of ether oxygens (including phenoxy) is 1. The van der Waals surface area contributed by atoms with Crippen molar-refractivity contribution in [1.29, 1.82) is 0 Å². The average Bonchev–Trinajstić information content (AvgIpc) is 2.62. The zero-order chi connectivity index (χ0) is 18.2. The van der Waals surface area contributed by atoms with Crippen molar-refractivity contribution in [3.05, 3.63) is 18.0 Å². The van der Waals surface area contributed by atoms with E-state index in [9.17, 15) is 9.59 Å². The van der Waals surface area contributed by atoms with Crippen LogP contribution in [0, 0.1) is 5.92 Å². The molecule has 1 N–H and O–H groups in total. The third-order valence-electron chi connectivity index (χ3n) is 4.00. The van der Waals surface area contributed by atoms with Crippen molar-refractivity contribution >= 4 is 17.9 Å². The molecule has 1 saturated heterocycles. The van der Waals surface area contributed by atoms with E-state index in [4.69, 9.17) is 4.74 Å². The molecule has 8 heteroatoms. The van der Waals surface area contributed by atoms with Crippen molar-refractivity contribution in [3.8, 4) is 0 Å². The molecule has 2 heterocycles. The largest absolute Gasteiger partial charge is 0.450 e. The minimum atomic E-state index is -0.324. The summed E-state index contributed by atoms with van der Waals surface area (Å²) in [5.41, 5.74) is 0.457. The fraction of sp³-hybridized carbons (Fsp3) is 0.647. The second kappa shape index (κ2) is 9.19. The van der Waals surface area contributed by atoms with Gasteiger partial charge in [-0.3, -0.25) is 4.79 Å². The monoisotopic (exact) mass is 349 g/mol. The molecule has 2 amide bonds. The number of anilines is 1. The van der Waals surface area contributed by atoms with Crippen molar-refractivity contribution in [2.75, 3.05) is 44.6 Å². The van der Waals surface area contributed by atoms with Crippen molar-refractivity contribution in [2.45, 2.75) is 27.2 Å². The van der Waals surface area contributed by atoms with E-state index >= 15 is 0 Å². The Labute approximate surface area is 148 Å². The molecule has 2 rings (SSSR count). The first-order valence-electron chi connectivity index (χ1n) is 8.78. The van der Waals surface area contributed by atoms with E-state index in [0.29, 0.717) is 50.2 Å². The highest BCUT2D eigenvalue weighted by atomic mass is 16.6. The van der Waals surface area contributed by atoms with E-state index in [1.165, 1.54) is 0 Å². The third kappa shape index (κ3) is 5.58. The predicted molar refractivity (Wildman–Crippen MR) is 94.5 cm³/mol. The van der Waals surface area contributed by atoms with E-state index in [1.807, 2.05) is 0 Å². The van der Waals surface area contributed by atoms with Crippen LogP contribution in [0.25, 0.3) is 0 Å². The van der Waals surface area contributed by atoms with E-state index in [-0.39, 0.29) is 12.0 Å². The Balaban J connectivity index is 1.84. The van der Waals surface area contributed by atoms with Gasteiger partial charge in [0.1, 0.15) is 0 Å². The van der Waals surface area contributed by atoms with Crippen LogP contribution in [0.3, 0.4) is 0 Å². The molecule has 0 spiro atoms. The molecule has 0 saturated carbocycles. The summed E-state index contributed by atoms with van der Waals surface area (Å²) in [5.74, 6) is 1.03. The number of carbonyl (C=O) groups is 2. The van der Waals surface area contributed by atoms with Crippen LogP contribution in [-0.4, -0.2) is 71.1 Å². The lowest BCUT2D eigenvalue weighted by Gasteiger charge is -2.33. The van der Waals surface area contributed by atoms with E-state index in [1.54, 1.807) is 29.1 Å². The lowest BCUT2D eigenvalue weighted by Crippen LogP contribution is -2.50. The van der Waals surface area contributed by atoms with Crippen LogP contribution in [0.1, 0.15) is 37.6 Å². The number of piperazine rings is 1. The minimum Gasteiger partial charge on any atom is -0.450 e. The van der Waals surface area contributed by atoms with Crippen LogP contribution < -0.4 is 5.32 Å². The molecular weight excluding hydrogens is 322 g/mol. The summed E-state index contributed by atoms with van der Waals surface area (Å²) in [4.78, 5) is 35.9. The molecule has 1 aromatic heterocycles. The summed E-state index contributed by atoms with van der Waals surface area (Å²) >= 11 is 0. The van der Waals surface area contributed by atoms with Gasteiger partial charge in [-0.2, -0.15) is 0 Å². The molecular formula is C17H27N5O3. The molecule has 0 bridgehead atoms. The number of aromatic nitrogens is 2. The smallest absolute Gasteiger partial charge is 0.409 e. The molecule has 25 heavy (non-hydrogen) atoms. The summed E-state index contributed by atoms with van der Waals surface area (Å²) in [6, 6.07) is 0. The Bertz CT molecular complexity index is 568. The Morgan fingerprint density at radius 3 is 2.32 bits per heavy atom. The highest BCUT2D eigenvalue weighted by molar-refractivity contribution is 5.93. The topological polar surface area (TPSA) is 87.7 Å². The number of nitrogens with one attached hydrogen (secondary N) is 1. The Morgan fingerprint density at radius 1 is 1.16 bits per heavy atom. The van der Waals surface area contributed by atoms with Gasteiger partial charge in [0.25, 0.3) is 5.91 Å². The van der Waals surface area contributed by atoms with Gasteiger partial charge in [-0.25, -0.2) is 14.8 Å². The fourth-order valence-electron chi connectivity index (χ4n) is 2.49. The number of amides is 2. The molecule has 1 aliphatic heterocycles. The van der Waals surface area contributed by atoms with E-state index < -0.39 is 0 Å². The lowest BCUT2D eigenvalue weighted by molar-refractivity contribution is 0.0570. The van der Waals surface area contributed by atoms with Crippen molar-refractivity contribution in [3.63, 3.8) is 0 Å². The summed E-state index contributed by atoms with van der Waals surface area (Å²) in [7, 11) is 0. The molecule has 1 fully saturated rings. The van der Waals surface area contributed by atoms with Crippen LogP contribution in [-0.2, 0) is 4.74 Å². The summed E-state index contributed by atoms with van der Waals surface area (Å²) in [5, 5.41) is 3.15. The quantitative estimate of drug-likeness (QED) is 0.843. The molecule has 0 radical (unpaired) electrons. The van der Waals surface area contributed by atoms with Crippen molar-refractivity contribution < 1.29 is 14.3 Å². The minimum absolute atomic E-state index is 0.114. The predicted octanol–water partition coefficient (Wildman–Crippen LogP) is 1.85. The van der Waals surface area contributed by atoms with Gasteiger partial charge < -0.3 is 19.9 Å². The van der Waals surface area contributed by atoms with Gasteiger partial charge in [0.05, 0.1) is 12.2 Å². The number of nitrogens with zero attached hydrogens (tertiary/aromatic N) is 4. The maximum absolute atomic E-state index is 12.5. The number of hydrogen-bond acceptors (Lipinski definition) is 6.